The van der Waals surface area contributed by atoms with Gasteiger partial charge in [-0.05, 0) is 43.5 Å². The van der Waals surface area contributed by atoms with E-state index in [1.165, 1.54) is 4.57 Å². The summed E-state index contributed by atoms with van der Waals surface area (Å²) in [6.07, 6.45) is 5.00. The third-order valence-corrected chi connectivity index (χ3v) is 6.16. The predicted molar refractivity (Wildman–Crippen MR) is 130 cm³/mol. The van der Waals surface area contributed by atoms with Crippen molar-refractivity contribution >= 4 is 34.1 Å². The molecule has 11 heteroatoms. The lowest BCUT2D eigenvalue weighted by Gasteiger charge is -2.35. The number of pyridine rings is 3. The third kappa shape index (κ3) is 4.10. The molecule has 1 fully saturated rings. The van der Waals surface area contributed by atoms with E-state index < -0.39 is 5.91 Å². The second-order valence-electron chi connectivity index (χ2n) is 8.31. The minimum atomic E-state index is -0.418. The Morgan fingerprint density at radius 2 is 2.06 bits per heavy atom. The number of hydrogen-bond acceptors (Lipinski definition) is 9. The zero-order valence-electron chi connectivity index (χ0n) is 19.5. The second kappa shape index (κ2) is 9.18. The second-order valence-corrected chi connectivity index (χ2v) is 8.31. The minimum absolute atomic E-state index is 0.00325. The van der Waals surface area contributed by atoms with Gasteiger partial charge in [-0.3, -0.25) is 14.2 Å². The average Bonchev–Trinajstić information content (AvgIpc) is 3.27. The molecule has 0 saturated heterocycles. The van der Waals surface area contributed by atoms with Crippen LogP contribution in [0.2, 0.25) is 0 Å². The Labute approximate surface area is 200 Å². The summed E-state index contributed by atoms with van der Waals surface area (Å²) < 4.78 is 12.2. The molecule has 1 saturated carbocycles. The summed E-state index contributed by atoms with van der Waals surface area (Å²) in [6, 6.07) is 8.72. The highest BCUT2D eigenvalue weighted by Gasteiger charge is 2.34. The van der Waals surface area contributed by atoms with Gasteiger partial charge in [0, 0.05) is 32.6 Å². The molecule has 4 aromatic rings. The maximum absolute atomic E-state index is 13.2. The molecule has 0 radical (unpaired) electrons. The van der Waals surface area contributed by atoms with Crippen LogP contribution in [0.1, 0.15) is 29.0 Å². The molecule has 4 aromatic heterocycles. The number of aryl methyl sites for hydroxylation is 1. The standard InChI is InChI=1S/C24H25N7O4/c1-13-6-4-10-26-22(13)31-11-5-7-15(24(31)33)27-18-12-16(25-2)19-20(29-18)21(35-30-19)23(32)28-14-8-9-17(14)34-3/h4-7,10-12,14,17,25H,8-9H2,1-3H3,(H,27,29)(H,28,32)/t14-,17-/m1/s1. The maximum Gasteiger partial charge on any atom is 0.292 e. The molecular formula is C24H25N7O4. The van der Waals surface area contributed by atoms with Crippen molar-refractivity contribution in [3.05, 3.63) is 64.4 Å². The fourth-order valence-corrected chi connectivity index (χ4v) is 4.10. The van der Waals surface area contributed by atoms with Crippen LogP contribution in [-0.2, 0) is 4.74 Å². The van der Waals surface area contributed by atoms with Crippen molar-refractivity contribution < 1.29 is 14.1 Å². The number of anilines is 3. The van der Waals surface area contributed by atoms with Crippen LogP contribution >= 0.6 is 0 Å². The fourth-order valence-electron chi connectivity index (χ4n) is 4.10. The number of hydrogen-bond donors (Lipinski definition) is 3. The van der Waals surface area contributed by atoms with E-state index in [9.17, 15) is 9.59 Å². The molecule has 0 bridgehead atoms. The van der Waals surface area contributed by atoms with E-state index in [1.54, 1.807) is 44.8 Å². The quantitative estimate of drug-likeness (QED) is 0.368. The Balaban J connectivity index is 1.49. The summed E-state index contributed by atoms with van der Waals surface area (Å²) in [6.45, 7) is 1.89. The van der Waals surface area contributed by atoms with Gasteiger partial charge < -0.3 is 25.2 Å². The number of ether oxygens (including phenoxy) is 1. The molecule has 1 amide bonds. The first kappa shape index (κ1) is 22.5. The number of methoxy groups -OCH3 is 1. The van der Waals surface area contributed by atoms with Gasteiger partial charge >= 0.3 is 0 Å². The van der Waals surface area contributed by atoms with Gasteiger partial charge in [0.1, 0.15) is 22.8 Å². The molecule has 0 unspecified atom stereocenters. The molecule has 4 heterocycles. The lowest BCUT2D eigenvalue weighted by atomic mass is 9.89. The smallest absolute Gasteiger partial charge is 0.292 e. The highest BCUT2D eigenvalue weighted by atomic mass is 16.5. The number of fused-ring (bicyclic) bond motifs is 1. The molecule has 0 aromatic carbocycles. The highest BCUT2D eigenvalue weighted by Crippen LogP contribution is 2.29. The summed E-state index contributed by atoms with van der Waals surface area (Å²) >= 11 is 0. The Bertz CT molecular complexity index is 1460. The van der Waals surface area contributed by atoms with E-state index in [1.807, 2.05) is 19.1 Å². The SMILES string of the molecule is CNc1cc(Nc2cccn(-c3ncccc3C)c2=O)nc2c(C(=O)N[C@@H]3CC[C@H]3OC)onc12. The topological polar surface area (TPSA) is 136 Å². The normalized spacial score (nSPS) is 17.1. The summed E-state index contributed by atoms with van der Waals surface area (Å²) in [7, 11) is 3.35. The van der Waals surface area contributed by atoms with Crippen LogP contribution < -0.4 is 21.5 Å². The van der Waals surface area contributed by atoms with Gasteiger partial charge in [-0.2, -0.15) is 0 Å². The van der Waals surface area contributed by atoms with Crippen molar-refractivity contribution in [3.8, 4) is 5.82 Å². The molecule has 5 rings (SSSR count). The van der Waals surface area contributed by atoms with Crippen molar-refractivity contribution in [1.29, 1.82) is 0 Å². The Morgan fingerprint density at radius 1 is 1.20 bits per heavy atom. The third-order valence-electron chi connectivity index (χ3n) is 6.16. The summed E-state index contributed by atoms with van der Waals surface area (Å²) in [4.78, 5) is 35.0. The number of amides is 1. The van der Waals surface area contributed by atoms with E-state index in [2.05, 4.69) is 31.1 Å². The van der Waals surface area contributed by atoms with Crippen LogP contribution in [0.15, 0.2) is 52.0 Å². The van der Waals surface area contributed by atoms with Gasteiger partial charge in [-0.15, -0.1) is 0 Å². The van der Waals surface area contributed by atoms with Gasteiger partial charge in [0.2, 0.25) is 5.76 Å². The van der Waals surface area contributed by atoms with Crippen molar-refractivity contribution in [2.45, 2.75) is 31.9 Å². The Hall–Kier alpha value is -4.25. The number of carbonyl (C=O) groups is 1. The molecule has 0 spiro atoms. The van der Waals surface area contributed by atoms with E-state index in [-0.39, 0.29) is 29.0 Å². The van der Waals surface area contributed by atoms with Crippen molar-refractivity contribution in [2.24, 2.45) is 0 Å². The van der Waals surface area contributed by atoms with Gasteiger partial charge in [-0.1, -0.05) is 11.2 Å². The molecule has 2 atom stereocenters. The van der Waals surface area contributed by atoms with Crippen molar-refractivity contribution in [1.82, 2.24) is 25.0 Å². The molecule has 1 aliphatic rings. The number of carbonyl (C=O) groups excluding carboxylic acids is 1. The van der Waals surface area contributed by atoms with Crippen LogP contribution in [0, 0.1) is 6.92 Å². The van der Waals surface area contributed by atoms with Crippen molar-refractivity contribution in [3.63, 3.8) is 0 Å². The molecule has 3 N–H and O–H groups in total. The molecule has 0 aliphatic heterocycles. The van der Waals surface area contributed by atoms with Crippen LogP contribution in [0.5, 0.6) is 0 Å². The number of aromatic nitrogens is 4. The van der Waals surface area contributed by atoms with Gasteiger partial charge in [0.05, 0.1) is 17.8 Å². The monoisotopic (exact) mass is 475 g/mol. The van der Waals surface area contributed by atoms with Gasteiger partial charge in [0.15, 0.2) is 5.52 Å². The number of rotatable bonds is 7. The summed E-state index contributed by atoms with van der Waals surface area (Å²) in [5, 5.41) is 13.1. The average molecular weight is 476 g/mol. The predicted octanol–water partition coefficient (Wildman–Crippen LogP) is 2.77. The summed E-state index contributed by atoms with van der Waals surface area (Å²) in [5.41, 5.74) is 2.16. The zero-order chi connectivity index (χ0) is 24.5. The first-order valence-electron chi connectivity index (χ1n) is 11.2. The highest BCUT2D eigenvalue weighted by molar-refractivity contribution is 6.05. The summed E-state index contributed by atoms with van der Waals surface area (Å²) in [5.74, 6) is 0.476. The molecule has 35 heavy (non-hydrogen) atoms. The van der Waals surface area contributed by atoms with E-state index in [4.69, 9.17) is 9.26 Å². The molecule has 180 valence electrons. The first-order valence-corrected chi connectivity index (χ1v) is 11.2. The van der Waals surface area contributed by atoms with E-state index in [0.717, 1.165) is 18.4 Å². The Morgan fingerprint density at radius 3 is 2.77 bits per heavy atom. The van der Waals surface area contributed by atoms with E-state index >= 15 is 0 Å². The van der Waals surface area contributed by atoms with E-state index in [0.29, 0.717) is 28.5 Å². The minimum Gasteiger partial charge on any atom is -0.386 e. The number of nitrogens with zero attached hydrogens (tertiary/aromatic N) is 4. The molecule has 1 aliphatic carbocycles. The van der Waals surface area contributed by atoms with Gasteiger partial charge in [0.25, 0.3) is 11.5 Å². The molecule has 11 nitrogen and oxygen atoms in total. The van der Waals surface area contributed by atoms with Crippen LogP contribution in [0.4, 0.5) is 17.2 Å². The maximum atomic E-state index is 13.2. The fraction of sp³-hybridized carbons (Fsp3) is 0.292. The largest absolute Gasteiger partial charge is 0.386 e. The molecular weight excluding hydrogens is 450 g/mol. The van der Waals surface area contributed by atoms with Crippen LogP contribution in [-0.4, -0.2) is 51.9 Å². The zero-order valence-corrected chi connectivity index (χ0v) is 19.5. The lowest BCUT2D eigenvalue weighted by molar-refractivity contribution is 0.00678. The Kier molecular flexibility index (Phi) is 5.91. The van der Waals surface area contributed by atoms with Gasteiger partial charge in [-0.25, -0.2) is 9.97 Å². The lowest BCUT2D eigenvalue weighted by Crippen LogP contribution is -2.51. The first-order chi connectivity index (χ1) is 17.0. The number of nitrogens with one attached hydrogen (secondary N) is 3. The van der Waals surface area contributed by atoms with Crippen molar-refractivity contribution in [2.75, 3.05) is 24.8 Å². The van der Waals surface area contributed by atoms with Crippen LogP contribution in [0.3, 0.4) is 0 Å². The van der Waals surface area contributed by atoms with Crippen LogP contribution in [0.25, 0.3) is 16.9 Å².